The molecule has 0 saturated heterocycles. The quantitative estimate of drug-likeness (QED) is 0.642. The Balaban J connectivity index is 0.00000400. The van der Waals surface area contributed by atoms with Gasteiger partial charge >= 0.3 is 0 Å². The molecule has 21 heavy (non-hydrogen) atoms. The maximum absolute atomic E-state index is 12.0. The van der Waals surface area contributed by atoms with Crippen molar-refractivity contribution in [3.8, 4) is 0 Å². The molecule has 0 aliphatic carbocycles. The van der Waals surface area contributed by atoms with Crippen molar-refractivity contribution in [3.63, 3.8) is 0 Å². The van der Waals surface area contributed by atoms with Crippen molar-refractivity contribution < 1.29 is 4.79 Å². The molecule has 4 heteroatoms. The van der Waals surface area contributed by atoms with Crippen LogP contribution in [0.2, 0.25) is 0 Å². The Morgan fingerprint density at radius 2 is 1.81 bits per heavy atom. The van der Waals surface area contributed by atoms with Gasteiger partial charge < -0.3 is 11.1 Å². The molecule has 1 unspecified atom stereocenters. The Labute approximate surface area is 135 Å². The molecule has 0 aromatic heterocycles. The van der Waals surface area contributed by atoms with Gasteiger partial charge in [0.2, 0.25) is 5.91 Å². The van der Waals surface area contributed by atoms with Crippen molar-refractivity contribution in [2.75, 3.05) is 6.54 Å². The number of hydrogen-bond donors (Lipinski definition) is 2. The van der Waals surface area contributed by atoms with Crippen LogP contribution in [0.3, 0.4) is 0 Å². The first-order valence-corrected chi connectivity index (χ1v) is 7.82. The second-order valence-electron chi connectivity index (χ2n) is 5.27. The summed E-state index contributed by atoms with van der Waals surface area (Å²) in [7, 11) is 0. The van der Waals surface area contributed by atoms with Gasteiger partial charge in [-0.25, -0.2) is 0 Å². The minimum absolute atomic E-state index is 0. The molecule has 120 valence electrons. The van der Waals surface area contributed by atoms with Gasteiger partial charge in [-0.05, 0) is 31.4 Å². The molecule has 1 atom stereocenters. The largest absolute Gasteiger partial charge is 0.349 e. The molecule has 3 N–H and O–H groups in total. The van der Waals surface area contributed by atoms with Crippen molar-refractivity contribution >= 4 is 18.3 Å². The van der Waals surface area contributed by atoms with E-state index in [1.54, 1.807) is 0 Å². The number of carbonyl (C=O) groups excluding carboxylic acids is 1. The summed E-state index contributed by atoms with van der Waals surface area (Å²) in [5.74, 6) is 0.167. The van der Waals surface area contributed by atoms with Gasteiger partial charge in [0.25, 0.3) is 0 Å². The third-order valence-electron chi connectivity index (χ3n) is 3.47. The van der Waals surface area contributed by atoms with Gasteiger partial charge in [0.15, 0.2) is 0 Å². The lowest BCUT2D eigenvalue weighted by Gasteiger charge is -2.18. The number of benzene rings is 1. The molecule has 1 aromatic carbocycles. The molecular weight excluding hydrogens is 284 g/mol. The number of nitrogens with two attached hydrogens (primary N) is 1. The Morgan fingerprint density at radius 1 is 1.14 bits per heavy atom. The average molecular weight is 313 g/mol. The number of halogens is 1. The highest BCUT2D eigenvalue weighted by Gasteiger charge is 2.12. The van der Waals surface area contributed by atoms with Gasteiger partial charge in [-0.1, -0.05) is 56.5 Å². The van der Waals surface area contributed by atoms with E-state index in [9.17, 15) is 4.79 Å². The highest BCUT2D eigenvalue weighted by Crippen LogP contribution is 2.18. The lowest BCUT2D eigenvalue weighted by atomic mass is 10.0. The van der Waals surface area contributed by atoms with Crippen LogP contribution in [0, 0.1) is 0 Å². The molecule has 1 rings (SSSR count). The van der Waals surface area contributed by atoms with Gasteiger partial charge in [0.1, 0.15) is 0 Å². The van der Waals surface area contributed by atoms with Gasteiger partial charge in [-0.15, -0.1) is 12.4 Å². The van der Waals surface area contributed by atoms with Crippen LogP contribution in [0.15, 0.2) is 30.3 Å². The van der Waals surface area contributed by atoms with Crippen molar-refractivity contribution in [1.82, 2.24) is 5.32 Å². The van der Waals surface area contributed by atoms with Crippen LogP contribution in [0.1, 0.15) is 63.5 Å². The lowest BCUT2D eigenvalue weighted by molar-refractivity contribution is -0.122. The summed E-state index contributed by atoms with van der Waals surface area (Å²) in [5, 5.41) is 3.16. The first-order chi connectivity index (χ1) is 9.77. The van der Waals surface area contributed by atoms with Crippen LogP contribution in [-0.2, 0) is 4.79 Å². The van der Waals surface area contributed by atoms with Crippen LogP contribution in [0.5, 0.6) is 0 Å². The molecule has 0 saturated carbocycles. The molecule has 0 heterocycles. The van der Waals surface area contributed by atoms with E-state index in [0.29, 0.717) is 6.42 Å². The summed E-state index contributed by atoms with van der Waals surface area (Å²) in [5.41, 5.74) is 6.65. The molecule has 3 nitrogen and oxygen atoms in total. The minimum atomic E-state index is 0. The van der Waals surface area contributed by atoms with Crippen LogP contribution in [0.4, 0.5) is 0 Å². The topological polar surface area (TPSA) is 55.1 Å². The van der Waals surface area contributed by atoms with Gasteiger partial charge in [-0.2, -0.15) is 0 Å². The van der Waals surface area contributed by atoms with E-state index in [4.69, 9.17) is 5.73 Å². The number of hydrogen-bond acceptors (Lipinski definition) is 2. The van der Waals surface area contributed by atoms with Crippen molar-refractivity contribution in [2.45, 2.75) is 57.9 Å². The van der Waals surface area contributed by atoms with Gasteiger partial charge in [0.05, 0.1) is 6.04 Å². The monoisotopic (exact) mass is 312 g/mol. The van der Waals surface area contributed by atoms with E-state index < -0.39 is 0 Å². The number of rotatable bonds is 10. The van der Waals surface area contributed by atoms with Crippen LogP contribution < -0.4 is 11.1 Å². The van der Waals surface area contributed by atoms with Crippen molar-refractivity contribution in [3.05, 3.63) is 35.9 Å². The zero-order valence-corrected chi connectivity index (χ0v) is 13.8. The predicted octanol–water partition coefficient (Wildman–Crippen LogP) is 3.98. The van der Waals surface area contributed by atoms with E-state index >= 15 is 0 Å². The van der Waals surface area contributed by atoms with Gasteiger partial charge in [0, 0.05) is 6.42 Å². The molecule has 1 aromatic rings. The summed E-state index contributed by atoms with van der Waals surface area (Å²) in [6.07, 6.45) is 6.91. The van der Waals surface area contributed by atoms with E-state index in [-0.39, 0.29) is 24.4 Å². The van der Waals surface area contributed by atoms with E-state index in [0.717, 1.165) is 45.1 Å². The van der Waals surface area contributed by atoms with Crippen LogP contribution in [-0.4, -0.2) is 12.5 Å². The fraction of sp³-hybridized carbons (Fsp3) is 0.588. The number of unbranched alkanes of at least 4 members (excludes halogenated alkanes) is 3. The average Bonchev–Trinajstić information content (AvgIpc) is 2.47. The van der Waals surface area contributed by atoms with E-state index in [1.165, 1.54) is 5.56 Å². The highest BCUT2D eigenvalue weighted by molar-refractivity contribution is 5.85. The highest BCUT2D eigenvalue weighted by atomic mass is 35.5. The Kier molecular flexibility index (Phi) is 12.0. The normalized spacial score (nSPS) is 11.5. The van der Waals surface area contributed by atoms with Crippen molar-refractivity contribution in [1.29, 1.82) is 0 Å². The molecule has 0 aliphatic rings. The Bertz CT molecular complexity index is 370. The minimum Gasteiger partial charge on any atom is -0.349 e. The molecular formula is C17H29ClN2O. The summed E-state index contributed by atoms with van der Waals surface area (Å²) in [4.78, 5) is 12.0. The van der Waals surface area contributed by atoms with Crippen LogP contribution in [0.25, 0.3) is 0 Å². The van der Waals surface area contributed by atoms with Gasteiger partial charge in [-0.3, -0.25) is 4.79 Å². The molecule has 0 fully saturated rings. The Morgan fingerprint density at radius 3 is 2.43 bits per heavy atom. The maximum atomic E-state index is 12.0. The lowest BCUT2D eigenvalue weighted by Crippen LogP contribution is -2.28. The second-order valence-corrected chi connectivity index (χ2v) is 5.27. The molecule has 0 bridgehead atoms. The predicted molar refractivity (Wildman–Crippen MR) is 91.6 cm³/mol. The zero-order chi connectivity index (χ0) is 14.6. The first-order valence-electron chi connectivity index (χ1n) is 7.82. The number of nitrogens with one attached hydrogen (secondary N) is 1. The standard InChI is InChI=1S/C17H28N2O.ClH/c1-2-10-16(15-11-6-5-7-12-15)19-17(20)13-8-3-4-9-14-18;/h5-7,11-12,16H,2-4,8-10,13-14,18H2,1H3,(H,19,20);1H. The molecule has 0 radical (unpaired) electrons. The third-order valence-corrected chi connectivity index (χ3v) is 3.47. The molecule has 0 aliphatic heterocycles. The first kappa shape index (κ1) is 19.9. The number of amides is 1. The summed E-state index contributed by atoms with van der Waals surface area (Å²) in [6, 6.07) is 10.4. The molecule has 0 spiro atoms. The van der Waals surface area contributed by atoms with Crippen LogP contribution >= 0.6 is 12.4 Å². The molecule has 1 amide bonds. The van der Waals surface area contributed by atoms with E-state index in [2.05, 4.69) is 24.4 Å². The fourth-order valence-electron chi connectivity index (χ4n) is 2.35. The number of carbonyl (C=O) groups is 1. The summed E-state index contributed by atoms with van der Waals surface area (Å²) < 4.78 is 0. The summed E-state index contributed by atoms with van der Waals surface area (Å²) in [6.45, 7) is 2.90. The second kappa shape index (κ2) is 12.7. The smallest absolute Gasteiger partial charge is 0.220 e. The van der Waals surface area contributed by atoms with Crippen molar-refractivity contribution in [2.24, 2.45) is 5.73 Å². The third kappa shape index (κ3) is 8.74. The zero-order valence-electron chi connectivity index (χ0n) is 13.0. The SMILES string of the molecule is CCCC(NC(=O)CCCCCCN)c1ccccc1.Cl. The fourth-order valence-corrected chi connectivity index (χ4v) is 2.35. The van der Waals surface area contributed by atoms with E-state index in [1.807, 2.05) is 18.2 Å². The summed E-state index contributed by atoms with van der Waals surface area (Å²) >= 11 is 0. The Hall–Kier alpha value is -1.06. The maximum Gasteiger partial charge on any atom is 0.220 e.